The molecule has 0 bridgehead atoms. The van der Waals surface area contributed by atoms with Crippen molar-refractivity contribution in [2.24, 2.45) is 5.73 Å². The molecule has 1 aromatic carbocycles. The number of amides is 1. The minimum absolute atomic E-state index is 0.0520. The van der Waals surface area contributed by atoms with Crippen LogP contribution in [0.1, 0.15) is 31.4 Å². The van der Waals surface area contributed by atoms with Gasteiger partial charge in [0.05, 0.1) is 11.6 Å². The molecule has 1 amide bonds. The normalized spacial score (nSPS) is 19.7. The Morgan fingerprint density at radius 2 is 1.95 bits per heavy atom. The van der Waals surface area contributed by atoms with E-state index in [2.05, 4.69) is 21.2 Å². The van der Waals surface area contributed by atoms with Crippen molar-refractivity contribution in [3.8, 4) is 0 Å². The van der Waals surface area contributed by atoms with Crippen LogP contribution in [0, 0.1) is 0 Å². The van der Waals surface area contributed by atoms with Crippen LogP contribution in [-0.2, 0) is 9.53 Å². The third-order valence-corrected chi connectivity index (χ3v) is 4.08. The Hall–Kier alpha value is -0.910. The van der Waals surface area contributed by atoms with E-state index in [0.717, 1.165) is 10.0 Å². The summed E-state index contributed by atoms with van der Waals surface area (Å²) in [5.41, 5.74) is 6.43. The van der Waals surface area contributed by atoms with Crippen molar-refractivity contribution in [1.29, 1.82) is 0 Å². The molecule has 0 spiro atoms. The lowest BCUT2D eigenvalue weighted by Gasteiger charge is -2.33. The van der Waals surface area contributed by atoms with Crippen LogP contribution in [0.2, 0.25) is 0 Å². The predicted octanol–water partition coefficient (Wildman–Crippen LogP) is 2.13. The Labute approximate surface area is 121 Å². The lowest BCUT2D eigenvalue weighted by molar-refractivity contribution is -0.130. The van der Waals surface area contributed by atoms with E-state index >= 15 is 0 Å². The van der Waals surface area contributed by atoms with Crippen LogP contribution < -0.4 is 11.1 Å². The third kappa shape index (κ3) is 3.55. The SMILES string of the molecule is C[C@H](NC(=O)C1(N)CCOCC1)c1ccc(Br)cc1. The average molecular weight is 327 g/mol. The Balaban J connectivity index is 2.00. The molecule has 0 unspecified atom stereocenters. The first-order valence-corrected chi connectivity index (χ1v) is 7.24. The van der Waals surface area contributed by atoms with Gasteiger partial charge in [0.1, 0.15) is 0 Å². The summed E-state index contributed by atoms with van der Waals surface area (Å²) in [5.74, 6) is -0.0915. The zero-order valence-electron chi connectivity index (χ0n) is 11.0. The number of hydrogen-bond acceptors (Lipinski definition) is 3. The molecule has 1 saturated heterocycles. The minimum atomic E-state index is -0.790. The second kappa shape index (κ2) is 6.03. The number of nitrogens with two attached hydrogens (primary N) is 1. The van der Waals surface area contributed by atoms with E-state index in [1.807, 2.05) is 31.2 Å². The molecule has 1 aromatic rings. The van der Waals surface area contributed by atoms with Gasteiger partial charge in [-0.15, -0.1) is 0 Å². The number of carbonyl (C=O) groups excluding carboxylic acids is 1. The smallest absolute Gasteiger partial charge is 0.240 e. The molecular formula is C14H19BrN2O2. The van der Waals surface area contributed by atoms with Crippen LogP contribution in [-0.4, -0.2) is 24.7 Å². The van der Waals surface area contributed by atoms with Crippen molar-refractivity contribution in [1.82, 2.24) is 5.32 Å². The van der Waals surface area contributed by atoms with Crippen molar-refractivity contribution in [3.63, 3.8) is 0 Å². The summed E-state index contributed by atoms with van der Waals surface area (Å²) in [6.45, 7) is 3.07. The van der Waals surface area contributed by atoms with E-state index in [1.54, 1.807) is 0 Å². The summed E-state index contributed by atoms with van der Waals surface area (Å²) in [6.07, 6.45) is 1.15. The second-order valence-corrected chi connectivity index (χ2v) is 5.93. The van der Waals surface area contributed by atoms with E-state index in [4.69, 9.17) is 10.5 Å². The number of benzene rings is 1. The first-order chi connectivity index (χ1) is 9.01. The largest absolute Gasteiger partial charge is 0.381 e. The molecule has 0 radical (unpaired) electrons. The molecule has 0 aromatic heterocycles. The Bertz CT molecular complexity index is 441. The molecule has 1 heterocycles. The van der Waals surface area contributed by atoms with Crippen LogP contribution in [0.4, 0.5) is 0 Å². The fourth-order valence-corrected chi connectivity index (χ4v) is 2.40. The summed E-state index contributed by atoms with van der Waals surface area (Å²) < 4.78 is 6.28. The highest BCUT2D eigenvalue weighted by molar-refractivity contribution is 9.10. The number of nitrogens with one attached hydrogen (secondary N) is 1. The van der Waals surface area contributed by atoms with Gasteiger partial charge in [0.15, 0.2) is 0 Å². The maximum atomic E-state index is 12.3. The van der Waals surface area contributed by atoms with E-state index in [1.165, 1.54) is 0 Å². The highest BCUT2D eigenvalue weighted by Gasteiger charge is 2.36. The summed E-state index contributed by atoms with van der Waals surface area (Å²) in [7, 11) is 0. The van der Waals surface area contributed by atoms with Crippen molar-refractivity contribution in [3.05, 3.63) is 34.3 Å². The number of hydrogen-bond donors (Lipinski definition) is 2. The quantitative estimate of drug-likeness (QED) is 0.894. The Morgan fingerprint density at radius 1 is 1.37 bits per heavy atom. The molecule has 19 heavy (non-hydrogen) atoms. The molecule has 3 N–H and O–H groups in total. The van der Waals surface area contributed by atoms with Gasteiger partial charge in [-0.1, -0.05) is 28.1 Å². The van der Waals surface area contributed by atoms with Gasteiger partial charge in [0.2, 0.25) is 5.91 Å². The number of halogens is 1. The van der Waals surface area contributed by atoms with Crippen molar-refractivity contribution >= 4 is 21.8 Å². The fraction of sp³-hybridized carbons (Fsp3) is 0.500. The summed E-state index contributed by atoms with van der Waals surface area (Å²) >= 11 is 3.40. The molecule has 5 heteroatoms. The van der Waals surface area contributed by atoms with Gasteiger partial charge >= 0.3 is 0 Å². The zero-order chi connectivity index (χ0) is 13.9. The van der Waals surface area contributed by atoms with Crippen LogP contribution in [0.25, 0.3) is 0 Å². The van der Waals surface area contributed by atoms with Crippen LogP contribution >= 0.6 is 15.9 Å². The van der Waals surface area contributed by atoms with Crippen molar-refractivity contribution < 1.29 is 9.53 Å². The fourth-order valence-electron chi connectivity index (χ4n) is 2.14. The second-order valence-electron chi connectivity index (χ2n) is 5.02. The molecule has 1 aliphatic heterocycles. The number of carbonyl (C=O) groups is 1. The lowest BCUT2D eigenvalue weighted by atomic mass is 9.90. The summed E-state index contributed by atoms with van der Waals surface area (Å²) in [6, 6.07) is 7.85. The monoisotopic (exact) mass is 326 g/mol. The average Bonchev–Trinajstić information content (AvgIpc) is 2.40. The highest BCUT2D eigenvalue weighted by Crippen LogP contribution is 2.21. The molecule has 104 valence electrons. The molecule has 0 saturated carbocycles. The van der Waals surface area contributed by atoms with Gasteiger partial charge in [-0.2, -0.15) is 0 Å². The van der Waals surface area contributed by atoms with E-state index in [9.17, 15) is 4.79 Å². The van der Waals surface area contributed by atoms with E-state index in [0.29, 0.717) is 26.1 Å². The van der Waals surface area contributed by atoms with Gasteiger partial charge in [-0.25, -0.2) is 0 Å². The van der Waals surface area contributed by atoms with E-state index in [-0.39, 0.29) is 11.9 Å². The zero-order valence-corrected chi connectivity index (χ0v) is 12.6. The molecule has 0 aliphatic carbocycles. The van der Waals surface area contributed by atoms with E-state index < -0.39 is 5.54 Å². The topological polar surface area (TPSA) is 64.4 Å². The van der Waals surface area contributed by atoms with Crippen molar-refractivity contribution in [2.45, 2.75) is 31.3 Å². The predicted molar refractivity (Wildman–Crippen MR) is 77.7 cm³/mol. The molecule has 1 aliphatic rings. The van der Waals surface area contributed by atoms with Gasteiger partial charge in [0, 0.05) is 17.7 Å². The summed E-state index contributed by atoms with van der Waals surface area (Å²) in [4.78, 5) is 12.3. The standard InChI is InChI=1S/C14H19BrN2O2/c1-10(11-2-4-12(15)5-3-11)17-13(18)14(16)6-8-19-9-7-14/h2-5,10H,6-9,16H2,1H3,(H,17,18)/t10-/m0/s1. The molecule has 2 rings (SSSR count). The Morgan fingerprint density at radius 3 is 2.53 bits per heavy atom. The number of ether oxygens (including phenoxy) is 1. The summed E-state index contributed by atoms with van der Waals surface area (Å²) in [5, 5.41) is 2.99. The molecular weight excluding hydrogens is 308 g/mol. The van der Waals surface area contributed by atoms with Crippen LogP contribution in [0.3, 0.4) is 0 Å². The van der Waals surface area contributed by atoms with Gasteiger partial charge < -0.3 is 15.8 Å². The highest BCUT2D eigenvalue weighted by atomic mass is 79.9. The minimum Gasteiger partial charge on any atom is -0.381 e. The first-order valence-electron chi connectivity index (χ1n) is 6.44. The third-order valence-electron chi connectivity index (χ3n) is 3.55. The lowest BCUT2D eigenvalue weighted by Crippen LogP contribution is -2.57. The maximum absolute atomic E-state index is 12.3. The van der Waals surface area contributed by atoms with Crippen molar-refractivity contribution in [2.75, 3.05) is 13.2 Å². The van der Waals surface area contributed by atoms with Gasteiger partial charge in [0.25, 0.3) is 0 Å². The molecule has 1 fully saturated rings. The Kier molecular flexibility index (Phi) is 4.60. The van der Waals surface area contributed by atoms with Crippen LogP contribution in [0.15, 0.2) is 28.7 Å². The number of rotatable bonds is 3. The molecule has 1 atom stereocenters. The maximum Gasteiger partial charge on any atom is 0.240 e. The molecule has 4 nitrogen and oxygen atoms in total. The van der Waals surface area contributed by atoms with Crippen LogP contribution in [0.5, 0.6) is 0 Å². The first kappa shape index (κ1) is 14.5. The van der Waals surface area contributed by atoms with Gasteiger partial charge in [-0.3, -0.25) is 4.79 Å². The van der Waals surface area contributed by atoms with Gasteiger partial charge in [-0.05, 0) is 37.5 Å².